The van der Waals surface area contributed by atoms with Gasteiger partial charge in [-0.1, -0.05) is 32.0 Å². The lowest BCUT2D eigenvalue weighted by Gasteiger charge is -2.10. The first-order chi connectivity index (χ1) is 13.5. The number of amides is 1. The van der Waals surface area contributed by atoms with Crippen molar-refractivity contribution in [3.05, 3.63) is 59.7 Å². The fourth-order valence-electron chi connectivity index (χ4n) is 2.69. The molecular weight excluding hydrogens is 358 g/mol. The monoisotopic (exact) mass is 381 g/mol. The van der Waals surface area contributed by atoms with Crippen LogP contribution in [0.1, 0.15) is 37.3 Å². The van der Waals surface area contributed by atoms with Crippen LogP contribution in [0.4, 0.5) is 5.69 Å². The maximum Gasteiger partial charge on any atom is 0.331 e. The first-order valence-electron chi connectivity index (χ1n) is 9.19. The van der Waals surface area contributed by atoms with E-state index in [1.165, 1.54) is 11.6 Å². The fraction of sp³-hybridized carbons (Fsp3) is 0.273. The highest BCUT2D eigenvalue weighted by atomic mass is 16.7. The number of rotatable bonds is 7. The highest BCUT2D eigenvalue weighted by Gasteiger charge is 2.12. The Kier molecular flexibility index (Phi) is 6.32. The third kappa shape index (κ3) is 5.13. The van der Waals surface area contributed by atoms with Crippen LogP contribution < -0.4 is 14.8 Å². The SMILES string of the molecule is CC[C@H](C)c1ccc(NC(=O)COC(=O)/C=C/c2ccc3c(c2)OCO3)cc1. The quantitative estimate of drug-likeness (QED) is 0.577. The molecule has 1 amide bonds. The standard InChI is InChI=1S/C22H23NO5/c1-3-15(2)17-6-8-18(9-7-17)23-21(24)13-26-22(25)11-5-16-4-10-19-20(12-16)28-14-27-19/h4-12,15H,3,13-14H2,1-2H3,(H,23,24)/b11-5+/t15-/m0/s1. The second kappa shape index (κ2) is 9.08. The predicted octanol–water partition coefficient (Wildman–Crippen LogP) is 4.12. The van der Waals surface area contributed by atoms with Crippen LogP contribution >= 0.6 is 0 Å². The third-order valence-corrected chi connectivity index (χ3v) is 4.53. The summed E-state index contributed by atoms with van der Waals surface area (Å²) >= 11 is 0. The number of benzene rings is 2. The smallest absolute Gasteiger partial charge is 0.331 e. The number of fused-ring (bicyclic) bond motifs is 1. The predicted molar refractivity (Wildman–Crippen MR) is 106 cm³/mol. The lowest BCUT2D eigenvalue weighted by atomic mass is 9.99. The van der Waals surface area contributed by atoms with E-state index < -0.39 is 5.97 Å². The van der Waals surface area contributed by atoms with Gasteiger partial charge in [0, 0.05) is 11.8 Å². The number of esters is 1. The Labute approximate surface area is 164 Å². The molecule has 0 bridgehead atoms. The fourth-order valence-corrected chi connectivity index (χ4v) is 2.69. The van der Waals surface area contributed by atoms with Crippen LogP contribution in [0.3, 0.4) is 0 Å². The van der Waals surface area contributed by atoms with Gasteiger partial charge in [0.25, 0.3) is 5.91 Å². The molecule has 2 aromatic rings. The first-order valence-corrected chi connectivity index (χ1v) is 9.19. The van der Waals surface area contributed by atoms with Crippen LogP contribution in [0.15, 0.2) is 48.5 Å². The summed E-state index contributed by atoms with van der Waals surface area (Å²) in [6, 6.07) is 13.0. The van der Waals surface area contributed by atoms with E-state index in [0.717, 1.165) is 12.0 Å². The molecule has 6 heteroatoms. The van der Waals surface area contributed by atoms with E-state index in [9.17, 15) is 9.59 Å². The second-order valence-corrected chi connectivity index (χ2v) is 6.53. The van der Waals surface area contributed by atoms with Gasteiger partial charge in [-0.2, -0.15) is 0 Å². The van der Waals surface area contributed by atoms with Crippen LogP contribution in [0.25, 0.3) is 6.08 Å². The second-order valence-electron chi connectivity index (χ2n) is 6.53. The Morgan fingerprint density at radius 2 is 1.89 bits per heavy atom. The van der Waals surface area contributed by atoms with E-state index in [1.54, 1.807) is 24.3 Å². The highest BCUT2D eigenvalue weighted by molar-refractivity contribution is 5.94. The molecule has 0 aromatic heterocycles. The molecule has 0 fully saturated rings. The summed E-state index contributed by atoms with van der Waals surface area (Å²) in [6.45, 7) is 4.14. The lowest BCUT2D eigenvalue weighted by Crippen LogP contribution is -2.20. The normalized spacial score (nSPS) is 13.4. The Morgan fingerprint density at radius 3 is 2.64 bits per heavy atom. The van der Waals surface area contributed by atoms with E-state index >= 15 is 0 Å². The molecule has 1 heterocycles. The van der Waals surface area contributed by atoms with E-state index in [2.05, 4.69) is 19.2 Å². The van der Waals surface area contributed by atoms with Gasteiger partial charge in [0.05, 0.1) is 0 Å². The molecule has 0 spiro atoms. The van der Waals surface area contributed by atoms with Gasteiger partial charge in [-0.15, -0.1) is 0 Å². The van der Waals surface area contributed by atoms with Gasteiger partial charge in [-0.25, -0.2) is 4.79 Å². The largest absolute Gasteiger partial charge is 0.454 e. The topological polar surface area (TPSA) is 73.9 Å². The average molecular weight is 381 g/mol. The zero-order chi connectivity index (χ0) is 19.9. The molecule has 0 radical (unpaired) electrons. The van der Waals surface area contributed by atoms with Crippen LogP contribution in [-0.4, -0.2) is 25.3 Å². The van der Waals surface area contributed by atoms with Crippen molar-refractivity contribution in [2.75, 3.05) is 18.7 Å². The van der Waals surface area contributed by atoms with Crippen molar-refractivity contribution in [1.29, 1.82) is 0 Å². The zero-order valence-electron chi connectivity index (χ0n) is 15.9. The average Bonchev–Trinajstić information content (AvgIpc) is 3.18. The molecule has 3 rings (SSSR count). The van der Waals surface area contributed by atoms with Gasteiger partial charge in [0.15, 0.2) is 18.1 Å². The van der Waals surface area contributed by atoms with Crippen LogP contribution in [0.5, 0.6) is 11.5 Å². The van der Waals surface area contributed by atoms with Gasteiger partial charge < -0.3 is 19.5 Å². The number of ether oxygens (including phenoxy) is 3. The van der Waals surface area contributed by atoms with Gasteiger partial charge >= 0.3 is 5.97 Å². The van der Waals surface area contributed by atoms with Gasteiger partial charge in [-0.05, 0) is 53.8 Å². The highest BCUT2D eigenvalue weighted by Crippen LogP contribution is 2.32. The van der Waals surface area contributed by atoms with Gasteiger partial charge in [-0.3, -0.25) is 4.79 Å². The molecule has 1 aliphatic heterocycles. The van der Waals surface area contributed by atoms with Gasteiger partial charge in [0.1, 0.15) is 0 Å². The molecule has 1 N–H and O–H groups in total. The zero-order valence-corrected chi connectivity index (χ0v) is 15.9. The molecule has 146 valence electrons. The molecule has 0 saturated carbocycles. The third-order valence-electron chi connectivity index (χ3n) is 4.53. The summed E-state index contributed by atoms with van der Waals surface area (Å²) in [5.41, 5.74) is 2.66. The molecule has 1 atom stereocenters. The van der Waals surface area contributed by atoms with Gasteiger partial charge in [0.2, 0.25) is 6.79 Å². The van der Waals surface area contributed by atoms with E-state index in [1.807, 2.05) is 24.3 Å². The number of nitrogens with one attached hydrogen (secondary N) is 1. The van der Waals surface area contributed by atoms with Crippen molar-refractivity contribution in [2.45, 2.75) is 26.2 Å². The van der Waals surface area contributed by atoms with Crippen molar-refractivity contribution < 1.29 is 23.8 Å². The van der Waals surface area contributed by atoms with Crippen LogP contribution in [0.2, 0.25) is 0 Å². The van der Waals surface area contributed by atoms with E-state index in [-0.39, 0.29) is 19.3 Å². The van der Waals surface area contributed by atoms with E-state index in [0.29, 0.717) is 23.1 Å². The van der Waals surface area contributed by atoms with Crippen molar-refractivity contribution in [3.8, 4) is 11.5 Å². The minimum atomic E-state index is -0.597. The molecular formula is C22H23NO5. The minimum Gasteiger partial charge on any atom is -0.454 e. The number of hydrogen-bond donors (Lipinski definition) is 1. The maximum absolute atomic E-state index is 12.0. The molecule has 0 aliphatic carbocycles. The minimum absolute atomic E-state index is 0.194. The maximum atomic E-state index is 12.0. The molecule has 28 heavy (non-hydrogen) atoms. The number of carbonyl (C=O) groups excluding carboxylic acids is 2. The lowest BCUT2D eigenvalue weighted by molar-refractivity contribution is -0.142. The molecule has 2 aromatic carbocycles. The number of carbonyl (C=O) groups is 2. The summed E-state index contributed by atoms with van der Waals surface area (Å²) in [5.74, 6) is 0.797. The van der Waals surface area contributed by atoms with Crippen molar-refractivity contribution in [3.63, 3.8) is 0 Å². The molecule has 0 saturated heterocycles. The van der Waals surface area contributed by atoms with Crippen LogP contribution in [-0.2, 0) is 14.3 Å². The Bertz CT molecular complexity index is 873. The van der Waals surface area contributed by atoms with E-state index in [4.69, 9.17) is 14.2 Å². The Morgan fingerprint density at radius 1 is 1.14 bits per heavy atom. The molecule has 0 unspecified atom stereocenters. The van der Waals surface area contributed by atoms with Crippen LogP contribution in [0, 0.1) is 0 Å². The first kappa shape index (κ1) is 19.5. The summed E-state index contributed by atoms with van der Waals surface area (Å²) in [4.78, 5) is 23.8. The summed E-state index contributed by atoms with van der Waals surface area (Å²) in [5, 5.41) is 2.71. The summed E-state index contributed by atoms with van der Waals surface area (Å²) in [7, 11) is 0. The molecule has 6 nitrogen and oxygen atoms in total. The van der Waals surface area contributed by atoms with Crippen molar-refractivity contribution in [1.82, 2.24) is 0 Å². The van der Waals surface area contributed by atoms with Crippen molar-refractivity contribution >= 4 is 23.6 Å². The summed E-state index contributed by atoms with van der Waals surface area (Å²) < 4.78 is 15.5. The number of hydrogen-bond acceptors (Lipinski definition) is 5. The molecule has 1 aliphatic rings. The number of anilines is 1. The summed E-state index contributed by atoms with van der Waals surface area (Å²) in [6.07, 6.45) is 3.92. The Balaban J connectivity index is 1.45. The van der Waals surface area contributed by atoms with Crippen molar-refractivity contribution in [2.24, 2.45) is 0 Å². The Hall–Kier alpha value is -3.28.